The molecule has 23 heavy (non-hydrogen) atoms. The number of rotatable bonds is 5. The van der Waals surface area contributed by atoms with E-state index in [0.717, 1.165) is 4.68 Å². The van der Waals surface area contributed by atoms with E-state index < -0.39 is 12.8 Å². The zero-order valence-corrected chi connectivity index (χ0v) is 13.6. The van der Waals surface area contributed by atoms with Crippen LogP contribution in [0.1, 0.15) is 5.56 Å². The molecule has 0 saturated heterocycles. The van der Waals surface area contributed by atoms with Crippen molar-refractivity contribution in [3.05, 3.63) is 50.9 Å². The first-order valence-corrected chi connectivity index (χ1v) is 7.30. The second-order valence-corrected chi connectivity index (χ2v) is 5.46. The highest BCUT2D eigenvalue weighted by molar-refractivity contribution is 9.10. The number of hydrogen-bond donors (Lipinski definition) is 1. The van der Waals surface area contributed by atoms with Gasteiger partial charge in [-0.1, -0.05) is 18.2 Å². The zero-order chi connectivity index (χ0) is 17.0. The molecular formula is C14H13BrF3N3O2. The summed E-state index contributed by atoms with van der Waals surface area (Å²) in [6, 6.07) is 6.38. The van der Waals surface area contributed by atoms with Gasteiger partial charge in [0.25, 0.3) is 5.56 Å². The van der Waals surface area contributed by atoms with Crippen LogP contribution in [0.2, 0.25) is 0 Å². The molecule has 9 heteroatoms. The first-order chi connectivity index (χ1) is 10.8. The van der Waals surface area contributed by atoms with E-state index >= 15 is 0 Å². The van der Waals surface area contributed by atoms with Crippen LogP contribution < -0.4 is 15.6 Å². The summed E-state index contributed by atoms with van der Waals surface area (Å²) in [7, 11) is 1.51. The van der Waals surface area contributed by atoms with Gasteiger partial charge in [0.05, 0.1) is 11.9 Å². The van der Waals surface area contributed by atoms with E-state index in [-0.39, 0.29) is 17.9 Å². The lowest BCUT2D eigenvalue weighted by atomic mass is 10.2. The number of nitrogens with one attached hydrogen (secondary N) is 1. The SMILES string of the molecule is Cn1ncc(NCc2ccccc2OCC(F)(F)F)c(Br)c1=O. The lowest BCUT2D eigenvalue weighted by molar-refractivity contribution is -0.153. The minimum absolute atomic E-state index is 0.130. The number of benzene rings is 1. The highest BCUT2D eigenvalue weighted by Gasteiger charge is 2.28. The Labute approximate surface area is 138 Å². The number of anilines is 1. The molecule has 0 atom stereocenters. The summed E-state index contributed by atoms with van der Waals surface area (Å²) < 4.78 is 43.1. The molecule has 0 amide bonds. The molecule has 0 bridgehead atoms. The van der Waals surface area contributed by atoms with Crippen LogP contribution in [-0.2, 0) is 13.6 Å². The monoisotopic (exact) mass is 391 g/mol. The van der Waals surface area contributed by atoms with E-state index in [1.54, 1.807) is 18.2 Å². The molecule has 2 rings (SSSR count). The predicted molar refractivity (Wildman–Crippen MR) is 82.5 cm³/mol. The molecule has 1 heterocycles. The van der Waals surface area contributed by atoms with Crippen LogP contribution >= 0.6 is 15.9 Å². The largest absolute Gasteiger partial charge is 0.484 e. The number of hydrogen-bond acceptors (Lipinski definition) is 4. The smallest absolute Gasteiger partial charge is 0.422 e. The molecule has 0 aliphatic rings. The first kappa shape index (κ1) is 17.3. The average Bonchev–Trinajstić information content (AvgIpc) is 2.50. The van der Waals surface area contributed by atoms with Crippen molar-refractivity contribution in [3.63, 3.8) is 0 Å². The third-order valence-corrected chi connectivity index (χ3v) is 3.68. The lowest BCUT2D eigenvalue weighted by Crippen LogP contribution is -2.21. The molecule has 0 radical (unpaired) electrons. The molecule has 5 nitrogen and oxygen atoms in total. The summed E-state index contributed by atoms with van der Waals surface area (Å²) in [5, 5.41) is 6.83. The van der Waals surface area contributed by atoms with E-state index in [0.29, 0.717) is 15.7 Å². The van der Waals surface area contributed by atoms with Gasteiger partial charge in [0.1, 0.15) is 10.2 Å². The Morgan fingerprint density at radius 2 is 2.04 bits per heavy atom. The minimum Gasteiger partial charge on any atom is -0.484 e. The van der Waals surface area contributed by atoms with Crippen molar-refractivity contribution in [2.45, 2.75) is 12.7 Å². The van der Waals surface area contributed by atoms with Gasteiger partial charge in [0.15, 0.2) is 6.61 Å². The van der Waals surface area contributed by atoms with Crippen LogP contribution in [0, 0.1) is 0 Å². The standard InChI is InChI=1S/C14H13BrF3N3O2/c1-21-13(22)12(15)10(7-20-21)19-6-9-4-2-3-5-11(9)23-8-14(16,17)18/h2-5,7,19H,6,8H2,1H3. The fraction of sp³-hybridized carbons (Fsp3) is 0.286. The van der Waals surface area contributed by atoms with Gasteiger partial charge in [-0.3, -0.25) is 4.79 Å². The van der Waals surface area contributed by atoms with Gasteiger partial charge in [0, 0.05) is 19.2 Å². The highest BCUT2D eigenvalue weighted by atomic mass is 79.9. The Hall–Kier alpha value is -2.03. The topological polar surface area (TPSA) is 56.1 Å². The summed E-state index contributed by atoms with van der Waals surface area (Å²) in [6.07, 6.45) is -2.95. The summed E-state index contributed by atoms with van der Waals surface area (Å²) in [4.78, 5) is 11.7. The number of aryl methyl sites for hydroxylation is 1. The lowest BCUT2D eigenvalue weighted by Gasteiger charge is -2.14. The second-order valence-electron chi connectivity index (χ2n) is 4.67. The molecule has 1 aromatic carbocycles. The van der Waals surface area contributed by atoms with Crippen molar-refractivity contribution < 1.29 is 17.9 Å². The number of nitrogens with zero attached hydrogens (tertiary/aromatic N) is 2. The van der Waals surface area contributed by atoms with Crippen molar-refractivity contribution in [1.82, 2.24) is 9.78 Å². The van der Waals surface area contributed by atoms with Gasteiger partial charge in [-0.25, -0.2) is 4.68 Å². The summed E-state index contributed by atoms with van der Waals surface area (Å²) in [5.74, 6) is 0.130. The van der Waals surface area contributed by atoms with Crippen LogP contribution in [0.25, 0.3) is 0 Å². The molecular weight excluding hydrogens is 379 g/mol. The minimum atomic E-state index is -4.40. The fourth-order valence-electron chi connectivity index (χ4n) is 1.77. The van der Waals surface area contributed by atoms with Gasteiger partial charge in [-0.15, -0.1) is 0 Å². The molecule has 1 N–H and O–H groups in total. The third kappa shape index (κ3) is 4.72. The normalized spacial score (nSPS) is 11.3. The Balaban J connectivity index is 2.12. The van der Waals surface area contributed by atoms with Crippen molar-refractivity contribution in [2.75, 3.05) is 11.9 Å². The molecule has 0 aliphatic heterocycles. The second kappa shape index (κ2) is 7.03. The van der Waals surface area contributed by atoms with E-state index in [1.165, 1.54) is 19.3 Å². The molecule has 124 valence electrons. The maximum atomic E-state index is 12.3. The molecule has 1 aromatic heterocycles. The molecule has 0 fully saturated rings. The van der Waals surface area contributed by atoms with Crippen molar-refractivity contribution in [2.24, 2.45) is 7.05 Å². The van der Waals surface area contributed by atoms with Crippen molar-refractivity contribution >= 4 is 21.6 Å². The van der Waals surface area contributed by atoms with Gasteiger partial charge in [-0.2, -0.15) is 18.3 Å². The Bertz CT molecular complexity index is 747. The number of para-hydroxylation sites is 1. The molecule has 0 spiro atoms. The van der Waals surface area contributed by atoms with Crippen LogP contribution in [0.5, 0.6) is 5.75 Å². The van der Waals surface area contributed by atoms with E-state index in [2.05, 4.69) is 26.3 Å². The summed E-state index contributed by atoms with van der Waals surface area (Å²) in [5.41, 5.74) is 0.652. The maximum absolute atomic E-state index is 12.3. The third-order valence-electron chi connectivity index (χ3n) is 2.91. The maximum Gasteiger partial charge on any atom is 0.422 e. The van der Waals surface area contributed by atoms with Gasteiger partial charge in [0.2, 0.25) is 0 Å². The molecule has 0 aliphatic carbocycles. The number of ether oxygens (including phenoxy) is 1. The van der Waals surface area contributed by atoms with Crippen molar-refractivity contribution in [3.8, 4) is 5.75 Å². The van der Waals surface area contributed by atoms with Gasteiger partial charge < -0.3 is 10.1 Å². The number of aromatic nitrogens is 2. The van der Waals surface area contributed by atoms with Crippen LogP contribution in [-0.4, -0.2) is 22.6 Å². The average molecular weight is 392 g/mol. The summed E-state index contributed by atoms with van der Waals surface area (Å²) in [6.45, 7) is -1.18. The number of halogens is 4. The van der Waals surface area contributed by atoms with Crippen LogP contribution in [0.15, 0.2) is 39.7 Å². The van der Waals surface area contributed by atoms with Gasteiger partial charge in [-0.05, 0) is 22.0 Å². The van der Waals surface area contributed by atoms with E-state index in [4.69, 9.17) is 4.74 Å². The van der Waals surface area contributed by atoms with E-state index in [1.807, 2.05) is 0 Å². The molecule has 2 aromatic rings. The zero-order valence-electron chi connectivity index (χ0n) is 12.0. The molecule has 0 saturated carbocycles. The Kier molecular flexibility index (Phi) is 5.30. The Morgan fingerprint density at radius 1 is 1.35 bits per heavy atom. The quantitative estimate of drug-likeness (QED) is 0.850. The molecule has 0 unspecified atom stereocenters. The van der Waals surface area contributed by atoms with E-state index in [9.17, 15) is 18.0 Å². The number of alkyl halides is 3. The van der Waals surface area contributed by atoms with Crippen LogP contribution in [0.4, 0.5) is 18.9 Å². The summed E-state index contributed by atoms with van der Waals surface area (Å²) >= 11 is 3.16. The highest BCUT2D eigenvalue weighted by Crippen LogP contribution is 2.24. The Morgan fingerprint density at radius 3 is 2.74 bits per heavy atom. The van der Waals surface area contributed by atoms with Crippen molar-refractivity contribution in [1.29, 1.82) is 0 Å². The first-order valence-electron chi connectivity index (χ1n) is 6.51. The fourth-order valence-corrected chi connectivity index (χ4v) is 2.27. The van der Waals surface area contributed by atoms with Crippen LogP contribution in [0.3, 0.4) is 0 Å². The predicted octanol–water partition coefficient (Wildman–Crippen LogP) is 3.10. The van der Waals surface area contributed by atoms with Gasteiger partial charge >= 0.3 is 6.18 Å².